The second-order valence-electron chi connectivity index (χ2n) is 5.36. The Balaban J connectivity index is 0.00000196. The summed E-state index contributed by atoms with van der Waals surface area (Å²) in [6.07, 6.45) is 7.06. The summed E-state index contributed by atoms with van der Waals surface area (Å²) in [6.45, 7) is 0.649. The van der Waals surface area contributed by atoms with Gasteiger partial charge in [0.25, 0.3) is 0 Å². The van der Waals surface area contributed by atoms with Gasteiger partial charge in [0, 0.05) is 35.0 Å². The van der Waals surface area contributed by atoms with Crippen molar-refractivity contribution in [3.05, 3.63) is 77.3 Å². The minimum atomic E-state index is 0. The molecule has 0 fully saturated rings. The highest BCUT2D eigenvalue weighted by molar-refractivity contribution is 7.13. The predicted molar refractivity (Wildman–Crippen MR) is 108 cm³/mol. The van der Waals surface area contributed by atoms with Crippen LogP contribution in [0, 0.1) is 0 Å². The molecule has 0 aliphatic carbocycles. The van der Waals surface area contributed by atoms with Crippen molar-refractivity contribution >= 4 is 41.2 Å². The molecule has 0 bridgehead atoms. The molecule has 4 aromatic rings. The molecule has 0 atom stereocenters. The summed E-state index contributed by atoms with van der Waals surface area (Å²) in [5, 5.41) is 6.19. The molecule has 0 saturated heterocycles. The van der Waals surface area contributed by atoms with Gasteiger partial charge in [-0.05, 0) is 29.1 Å². The zero-order valence-corrected chi connectivity index (χ0v) is 15.9. The Morgan fingerprint density at radius 3 is 2.69 bits per heavy atom. The molecule has 1 N–H and O–H groups in total. The van der Waals surface area contributed by atoms with Gasteiger partial charge in [0.2, 0.25) is 5.95 Å². The first-order valence-corrected chi connectivity index (χ1v) is 8.93. The number of halogens is 2. The zero-order valence-electron chi connectivity index (χ0n) is 13.5. The van der Waals surface area contributed by atoms with E-state index < -0.39 is 0 Å². The lowest BCUT2D eigenvalue weighted by atomic mass is 10.2. The number of anilines is 1. The lowest BCUT2D eigenvalue weighted by Crippen LogP contribution is -2.07. The molecule has 0 aliphatic heterocycles. The van der Waals surface area contributed by atoms with Gasteiger partial charge in [-0.3, -0.25) is 4.57 Å². The lowest BCUT2D eigenvalue weighted by Gasteiger charge is -2.12. The summed E-state index contributed by atoms with van der Waals surface area (Å²) >= 11 is 7.61. The van der Waals surface area contributed by atoms with Gasteiger partial charge >= 0.3 is 0 Å². The van der Waals surface area contributed by atoms with E-state index in [2.05, 4.69) is 26.3 Å². The van der Waals surface area contributed by atoms with Crippen LogP contribution >= 0.6 is 35.3 Å². The van der Waals surface area contributed by atoms with Crippen molar-refractivity contribution in [2.75, 3.05) is 5.32 Å². The Morgan fingerprint density at radius 2 is 2.00 bits per heavy atom. The Hall–Kier alpha value is -2.41. The molecule has 8 heteroatoms. The summed E-state index contributed by atoms with van der Waals surface area (Å²) in [5.74, 6) is 1.37. The van der Waals surface area contributed by atoms with Gasteiger partial charge in [0.05, 0.1) is 5.56 Å². The van der Waals surface area contributed by atoms with Crippen LogP contribution in [-0.2, 0) is 6.54 Å². The van der Waals surface area contributed by atoms with Crippen LogP contribution in [0.5, 0.6) is 0 Å². The van der Waals surface area contributed by atoms with Crippen molar-refractivity contribution in [2.45, 2.75) is 6.54 Å². The highest BCUT2D eigenvalue weighted by atomic mass is 35.5. The zero-order chi connectivity index (χ0) is 17.1. The smallest absolute Gasteiger partial charge is 0.236 e. The van der Waals surface area contributed by atoms with E-state index in [-0.39, 0.29) is 12.4 Å². The summed E-state index contributed by atoms with van der Waals surface area (Å²) in [5.41, 5.74) is 2.11. The summed E-state index contributed by atoms with van der Waals surface area (Å²) in [6, 6.07) is 11.8. The first kappa shape index (κ1) is 18.4. The first-order chi connectivity index (χ1) is 12.3. The highest BCUT2D eigenvalue weighted by Gasteiger charge is 2.11. The molecule has 0 spiro atoms. The maximum absolute atomic E-state index is 5.95. The summed E-state index contributed by atoms with van der Waals surface area (Å²) in [4.78, 5) is 14.3. The van der Waals surface area contributed by atoms with E-state index in [1.807, 2.05) is 48.1 Å². The van der Waals surface area contributed by atoms with Crippen LogP contribution in [0.1, 0.15) is 5.56 Å². The number of nitrogens with zero attached hydrogens (tertiary/aromatic N) is 4. The van der Waals surface area contributed by atoms with E-state index in [0.29, 0.717) is 12.5 Å². The molecule has 4 rings (SSSR count). The predicted octanol–water partition coefficient (Wildman–Crippen LogP) is 5.08. The van der Waals surface area contributed by atoms with Crippen LogP contribution in [-0.4, -0.2) is 19.5 Å². The molecule has 5 nitrogen and oxygen atoms in total. The van der Waals surface area contributed by atoms with Gasteiger partial charge < -0.3 is 5.32 Å². The molecule has 132 valence electrons. The number of hydrogen-bond donors (Lipinski definition) is 1. The van der Waals surface area contributed by atoms with Gasteiger partial charge in [-0.1, -0.05) is 29.8 Å². The standard InChI is InChI=1S/C18H14ClN5S.ClH/c19-14-5-3-13(4-6-14)10-21-17-15(16-2-1-9-25-16)11-22-18(23-17)24-8-7-20-12-24;/h1-9,11-12H,10H2,(H,21,22,23);1H. The SMILES string of the molecule is Cl.Clc1ccc(CNc2nc(-n3ccnc3)ncc2-c2cccs2)cc1. The number of benzene rings is 1. The van der Waals surface area contributed by atoms with Crippen LogP contribution in [0.4, 0.5) is 5.82 Å². The number of rotatable bonds is 5. The molecule has 0 unspecified atom stereocenters. The van der Waals surface area contributed by atoms with E-state index in [0.717, 1.165) is 26.8 Å². The number of aromatic nitrogens is 4. The van der Waals surface area contributed by atoms with Crippen molar-refractivity contribution in [1.29, 1.82) is 0 Å². The number of nitrogens with one attached hydrogen (secondary N) is 1. The first-order valence-electron chi connectivity index (χ1n) is 7.67. The van der Waals surface area contributed by atoms with E-state index >= 15 is 0 Å². The third-order valence-corrected chi connectivity index (χ3v) is 4.83. The normalized spacial score (nSPS) is 10.3. The monoisotopic (exact) mass is 403 g/mol. The largest absolute Gasteiger partial charge is 0.365 e. The fourth-order valence-corrected chi connectivity index (χ4v) is 3.27. The Labute approximate surface area is 166 Å². The van der Waals surface area contributed by atoms with Crippen LogP contribution in [0.3, 0.4) is 0 Å². The second kappa shape index (κ2) is 8.31. The van der Waals surface area contributed by atoms with E-state index in [1.165, 1.54) is 0 Å². The molecule has 0 saturated carbocycles. The van der Waals surface area contributed by atoms with Crippen LogP contribution in [0.2, 0.25) is 5.02 Å². The molecule has 3 aromatic heterocycles. The van der Waals surface area contributed by atoms with Crippen LogP contribution in [0.25, 0.3) is 16.4 Å². The van der Waals surface area contributed by atoms with Crippen molar-refractivity contribution < 1.29 is 0 Å². The van der Waals surface area contributed by atoms with Crippen molar-refractivity contribution in [3.8, 4) is 16.4 Å². The average Bonchev–Trinajstić information content (AvgIpc) is 3.35. The topological polar surface area (TPSA) is 55.6 Å². The Morgan fingerprint density at radius 1 is 1.15 bits per heavy atom. The number of thiophene rings is 1. The molecule has 26 heavy (non-hydrogen) atoms. The maximum atomic E-state index is 5.95. The van der Waals surface area contributed by atoms with E-state index in [9.17, 15) is 0 Å². The van der Waals surface area contributed by atoms with Crippen molar-refractivity contribution in [1.82, 2.24) is 19.5 Å². The molecule has 0 amide bonds. The van der Waals surface area contributed by atoms with Gasteiger partial charge in [0.1, 0.15) is 12.1 Å². The third kappa shape index (κ3) is 4.04. The quantitative estimate of drug-likeness (QED) is 0.504. The van der Waals surface area contributed by atoms with Gasteiger partial charge in [-0.25, -0.2) is 9.97 Å². The minimum absolute atomic E-state index is 0. The highest BCUT2D eigenvalue weighted by Crippen LogP contribution is 2.30. The van der Waals surface area contributed by atoms with Crippen LogP contribution < -0.4 is 5.32 Å². The average molecular weight is 404 g/mol. The van der Waals surface area contributed by atoms with E-state index in [4.69, 9.17) is 11.6 Å². The molecule has 0 radical (unpaired) electrons. The maximum Gasteiger partial charge on any atom is 0.236 e. The minimum Gasteiger partial charge on any atom is -0.365 e. The number of hydrogen-bond acceptors (Lipinski definition) is 5. The molecule has 0 aliphatic rings. The summed E-state index contributed by atoms with van der Waals surface area (Å²) in [7, 11) is 0. The Bertz CT molecular complexity index is 954. The molecule has 1 aromatic carbocycles. The molecular formula is C18H15Cl2N5S. The second-order valence-corrected chi connectivity index (χ2v) is 6.74. The van der Waals surface area contributed by atoms with Gasteiger partial charge in [-0.2, -0.15) is 4.98 Å². The Kier molecular flexibility index (Phi) is 5.88. The summed E-state index contributed by atoms with van der Waals surface area (Å²) < 4.78 is 1.78. The molecule has 3 heterocycles. The van der Waals surface area contributed by atoms with Gasteiger partial charge in [0.15, 0.2) is 0 Å². The van der Waals surface area contributed by atoms with Crippen molar-refractivity contribution in [3.63, 3.8) is 0 Å². The van der Waals surface area contributed by atoms with Crippen molar-refractivity contribution in [2.24, 2.45) is 0 Å². The van der Waals surface area contributed by atoms with Gasteiger partial charge in [-0.15, -0.1) is 23.7 Å². The number of imidazole rings is 1. The third-order valence-electron chi connectivity index (χ3n) is 3.67. The fraction of sp³-hybridized carbons (Fsp3) is 0.0556. The van der Waals surface area contributed by atoms with Crippen LogP contribution in [0.15, 0.2) is 66.7 Å². The van der Waals surface area contributed by atoms with E-state index in [1.54, 1.807) is 28.4 Å². The lowest BCUT2D eigenvalue weighted by molar-refractivity contribution is 0.923. The fourth-order valence-electron chi connectivity index (χ4n) is 2.41. The molecular weight excluding hydrogens is 389 g/mol.